The second-order valence-electron chi connectivity index (χ2n) is 5.25. The molecule has 134 valence electrons. The standard InChI is InChI=1S/C15H22NO7P/c17-14(18)10-9-13(15(19)20)16-24(21,22)23-11-5-4-8-12-6-2-1-3-7-12/h1-3,6-7,13H,4-5,8-11H2,(H,17,18)(H,19,20)(H2,16,21,22)/t13-/m0/s1. The average Bonchev–Trinajstić information content (AvgIpc) is 2.51. The minimum absolute atomic E-state index is 0.00111. The van der Waals surface area contributed by atoms with E-state index in [0.29, 0.717) is 6.42 Å². The number of carboxylic acid groups (broad SMARTS) is 2. The number of unbranched alkanes of at least 4 members (excludes halogenated alkanes) is 1. The molecule has 0 aliphatic carbocycles. The van der Waals surface area contributed by atoms with Crippen LogP contribution in [-0.4, -0.2) is 39.7 Å². The summed E-state index contributed by atoms with van der Waals surface area (Å²) in [7, 11) is -4.30. The number of nitrogens with one attached hydrogen (secondary N) is 1. The van der Waals surface area contributed by atoms with Crippen molar-refractivity contribution in [3.8, 4) is 0 Å². The van der Waals surface area contributed by atoms with E-state index in [-0.39, 0.29) is 13.0 Å². The Kier molecular flexibility index (Phi) is 8.63. The predicted molar refractivity (Wildman–Crippen MR) is 86.6 cm³/mol. The molecule has 9 heteroatoms. The van der Waals surface area contributed by atoms with E-state index in [1.54, 1.807) is 0 Å². The highest BCUT2D eigenvalue weighted by molar-refractivity contribution is 7.50. The van der Waals surface area contributed by atoms with Crippen LogP contribution < -0.4 is 5.09 Å². The van der Waals surface area contributed by atoms with Crippen molar-refractivity contribution in [3.63, 3.8) is 0 Å². The Morgan fingerprint density at radius 1 is 1.17 bits per heavy atom. The number of hydrogen-bond acceptors (Lipinski definition) is 4. The molecule has 4 N–H and O–H groups in total. The Labute approximate surface area is 140 Å². The lowest BCUT2D eigenvalue weighted by molar-refractivity contribution is -0.140. The van der Waals surface area contributed by atoms with Crippen molar-refractivity contribution in [1.29, 1.82) is 0 Å². The molecule has 8 nitrogen and oxygen atoms in total. The Balaban J connectivity index is 2.32. The maximum absolute atomic E-state index is 11.8. The Hall–Kier alpha value is -1.73. The fourth-order valence-corrected chi connectivity index (χ4v) is 3.09. The molecule has 0 aliphatic rings. The van der Waals surface area contributed by atoms with Crippen LogP contribution in [0.3, 0.4) is 0 Å². The first-order valence-corrected chi connectivity index (χ1v) is 9.11. The normalized spacial score (nSPS) is 14.7. The van der Waals surface area contributed by atoms with Gasteiger partial charge in [0.15, 0.2) is 0 Å². The van der Waals surface area contributed by atoms with Gasteiger partial charge in [-0.05, 0) is 31.2 Å². The topological polar surface area (TPSA) is 133 Å². The first-order valence-electron chi connectivity index (χ1n) is 7.54. The van der Waals surface area contributed by atoms with Crippen LogP contribution in [0.1, 0.15) is 31.2 Å². The molecule has 0 bridgehead atoms. The predicted octanol–water partition coefficient (Wildman–Crippen LogP) is 2.03. The smallest absolute Gasteiger partial charge is 0.403 e. The van der Waals surface area contributed by atoms with Crippen molar-refractivity contribution >= 4 is 19.7 Å². The van der Waals surface area contributed by atoms with Gasteiger partial charge in [0.25, 0.3) is 0 Å². The minimum Gasteiger partial charge on any atom is -0.481 e. The van der Waals surface area contributed by atoms with Crippen molar-refractivity contribution in [3.05, 3.63) is 35.9 Å². The van der Waals surface area contributed by atoms with Crippen LogP contribution in [0.15, 0.2) is 30.3 Å². The first-order chi connectivity index (χ1) is 11.3. The second-order valence-corrected chi connectivity index (χ2v) is 6.81. The van der Waals surface area contributed by atoms with Crippen LogP contribution in [0.4, 0.5) is 0 Å². The maximum Gasteiger partial charge on any atom is 0.403 e. The van der Waals surface area contributed by atoms with E-state index in [1.165, 1.54) is 0 Å². The number of aryl methyl sites for hydroxylation is 1. The molecule has 1 unspecified atom stereocenters. The summed E-state index contributed by atoms with van der Waals surface area (Å²) in [5, 5.41) is 19.5. The van der Waals surface area contributed by atoms with Crippen LogP contribution in [0.5, 0.6) is 0 Å². The quantitative estimate of drug-likeness (QED) is 0.329. The zero-order valence-corrected chi connectivity index (χ0v) is 14.0. The summed E-state index contributed by atoms with van der Waals surface area (Å²) < 4.78 is 16.7. The number of carboxylic acids is 2. The number of rotatable bonds is 12. The molecule has 2 atom stereocenters. The van der Waals surface area contributed by atoms with Crippen molar-refractivity contribution < 1.29 is 33.8 Å². The summed E-state index contributed by atoms with van der Waals surface area (Å²) in [6, 6.07) is 8.30. The van der Waals surface area contributed by atoms with E-state index < -0.39 is 32.1 Å². The molecule has 0 amide bonds. The molecule has 0 fully saturated rings. The van der Waals surface area contributed by atoms with Crippen molar-refractivity contribution in [2.75, 3.05) is 6.61 Å². The molecule has 0 spiro atoms. The van der Waals surface area contributed by atoms with Crippen LogP contribution >= 0.6 is 7.75 Å². The SMILES string of the molecule is O=C(O)CC[C@H](NP(=O)(O)OCCCCc1ccccc1)C(=O)O. The molecule has 1 rings (SSSR count). The lowest BCUT2D eigenvalue weighted by Crippen LogP contribution is -2.35. The average molecular weight is 359 g/mol. The fourth-order valence-electron chi connectivity index (χ4n) is 2.01. The van der Waals surface area contributed by atoms with Gasteiger partial charge in [-0.2, -0.15) is 0 Å². The van der Waals surface area contributed by atoms with Gasteiger partial charge in [0.05, 0.1) is 6.61 Å². The van der Waals surface area contributed by atoms with Gasteiger partial charge in [-0.15, -0.1) is 0 Å². The van der Waals surface area contributed by atoms with E-state index in [4.69, 9.17) is 14.7 Å². The lowest BCUT2D eigenvalue weighted by Gasteiger charge is -2.18. The van der Waals surface area contributed by atoms with Gasteiger partial charge in [0, 0.05) is 6.42 Å². The monoisotopic (exact) mass is 359 g/mol. The van der Waals surface area contributed by atoms with E-state index in [1.807, 2.05) is 35.4 Å². The Bertz CT molecular complexity index is 578. The Morgan fingerprint density at radius 2 is 1.83 bits per heavy atom. The second kappa shape index (κ2) is 10.2. The molecule has 24 heavy (non-hydrogen) atoms. The van der Waals surface area contributed by atoms with E-state index >= 15 is 0 Å². The van der Waals surface area contributed by atoms with Gasteiger partial charge >= 0.3 is 19.7 Å². The number of benzene rings is 1. The van der Waals surface area contributed by atoms with Gasteiger partial charge in [0.2, 0.25) is 0 Å². The number of carbonyl (C=O) groups is 2. The first kappa shape index (κ1) is 20.3. The molecule has 1 aromatic rings. The summed E-state index contributed by atoms with van der Waals surface area (Å²) in [5.74, 6) is -2.59. The van der Waals surface area contributed by atoms with Crippen molar-refractivity contribution in [1.82, 2.24) is 5.09 Å². The summed E-state index contributed by atoms with van der Waals surface area (Å²) in [5.41, 5.74) is 1.16. The van der Waals surface area contributed by atoms with Gasteiger partial charge in [0.1, 0.15) is 6.04 Å². The van der Waals surface area contributed by atoms with Gasteiger partial charge in [-0.25, -0.2) is 9.65 Å². The summed E-state index contributed by atoms with van der Waals surface area (Å²) in [6.45, 7) is -0.00111. The largest absolute Gasteiger partial charge is 0.481 e. The van der Waals surface area contributed by atoms with Crippen LogP contribution in [0, 0.1) is 0 Å². The van der Waals surface area contributed by atoms with Crippen molar-refractivity contribution in [2.24, 2.45) is 0 Å². The molecule has 0 aliphatic heterocycles. The van der Waals surface area contributed by atoms with Gasteiger partial charge in [-0.1, -0.05) is 30.3 Å². The molecule has 0 radical (unpaired) electrons. The maximum atomic E-state index is 11.8. The molecular formula is C15H22NO7P. The molecule has 0 saturated carbocycles. The lowest BCUT2D eigenvalue weighted by atomic mass is 10.1. The number of aliphatic carboxylic acids is 2. The highest BCUT2D eigenvalue weighted by Crippen LogP contribution is 2.38. The zero-order valence-electron chi connectivity index (χ0n) is 13.1. The van der Waals surface area contributed by atoms with E-state index in [9.17, 15) is 19.0 Å². The zero-order chi connectivity index (χ0) is 18.0. The molecule has 1 aromatic carbocycles. The molecule has 0 aromatic heterocycles. The molecular weight excluding hydrogens is 337 g/mol. The fraction of sp³-hybridized carbons (Fsp3) is 0.467. The van der Waals surface area contributed by atoms with Crippen LogP contribution in [-0.2, 0) is 25.1 Å². The van der Waals surface area contributed by atoms with Crippen LogP contribution in [0.2, 0.25) is 0 Å². The highest BCUT2D eigenvalue weighted by Gasteiger charge is 2.29. The summed E-state index contributed by atoms with van der Waals surface area (Å²) in [6.07, 6.45) is 1.36. The summed E-state index contributed by atoms with van der Waals surface area (Å²) >= 11 is 0. The molecule has 0 heterocycles. The van der Waals surface area contributed by atoms with Gasteiger partial charge in [-0.3, -0.25) is 14.1 Å². The van der Waals surface area contributed by atoms with Gasteiger partial charge < -0.3 is 15.1 Å². The van der Waals surface area contributed by atoms with Crippen molar-refractivity contribution in [2.45, 2.75) is 38.1 Å². The third-order valence-electron chi connectivity index (χ3n) is 3.23. The third kappa shape index (κ3) is 8.79. The minimum atomic E-state index is -4.30. The van der Waals surface area contributed by atoms with E-state index in [2.05, 4.69) is 0 Å². The number of hydrogen-bond donors (Lipinski definition) is 4. The van der Waals surface area contributed by atoms with Crippen LogP contribution in [0.25, 0.3) is 0 Å². The summed E-state index contributed by atoms with van der Waals surface area (Å²) in [4.78, 5) is 31.1. The Morgan fingerprint density at radius 3 is 2.42 bits per heavy atom. The van der Waals surface area contributed by atoms with E-state index in [0.717, 1.165) is 18.4 Å². The third-order valence-corrected chi connectivity index (χ3v) is 4.40. The highest BCUT2D eigenvalue weighted by atomic mass is 31.2. The molecule has 0 saturated heterocycles.